The van der Waals surface area contributed by atoms with E-state index in [-0.39, 0.29) is 24.2 Å². The maximum Gasteiger partial charge on any atom is 0.287 e. The molecule has 6 nitrogen and oxygen atoms in total. The Morgan fingerprint density at radius 1 is 1.38 bits per heavy atom. The smallest absolute Gasteiger partial charge is 0.287 e. The Labute approximate surface area is 183 Å². The third-order valence-electron chi connectivity index (χ3n) is 4.40. The van der Waals surface area contributed by atoms with E-state index >= 15 is 0 Å². The summed E-state index contributed by atoms with van der Waals surface area (Å²) in [6.45, 7) is 7.37. The van der Waals surface area contributed by atoms with Gasteiger partial charge in [0.25, 0.3) is 5.91 Å². The average molecular weight is 481 g/mol. The van der Waals surface area contributed by atoms with Crippen LogP contribution in [0, 0.1) is 6.92 Å². The van der Waals surface area contributed by atoms with Gasteiger partial charge in [0.2, 0.25) is 0 Å². The number of aromatic nitrogens is 2. The number of amides is 1. The van der Waals surface area contributed by atoms with E-state index in [1.165, 1.54) is 0 Å². The quantitative estimate of drug-likeness (QED) is 0.473. The van der Waals surface area contributed by atoms with Crippen LogP contribution in [0.4, 0.5) is 0 Å². The number of rotatable bonds is 8. The molecular weight excluding hydrogens is 458 g/mol. The summed E-state index contributed by atoms with van der Waals surface area (Å²) in [6.07, 6.45) is 3.55. The molecule has 29 heavy (non-hydrogen) atoms. The fraction of sp³-hybridized carbons (Fsp3) is 0.333. The lowest BCUT2D eigenvalue weighted by atomic mass is 10.0. The molecule has 1 N–H and O–H groups in total. The molecule has 0 saturated heterocycles. The van der Waals surface area contributed by atoms with Crippen LogP contribution in [0.3, 0.4) is 0 Å². The number of nitrogens with one attached hydrogen (secondary N) is 1. The first-order valence-corrected chi connectivity index (χ1v) is 10.5. The zero-order chi connectivity index (χ0) is 21.0. The van der Waals surface area contributed by atoms with Crippen LogP contribution in [0.5, 0.6) is 5.75 Å². The number of furan rings is 1. The molecule has 0 aliphatic heterocycles. The van der Waals surface area contributed by atoms with Crippen molar-refractivity contribution in [2.75, 3.05) is 6.54 Å². The van der Waals surface area contributed by atoms with Crippen LogP contribution in [-0.4, -0.2) is 22.2 Å². The monoisotopic (exact) mass is 479 g/mol. The number of benzene rings is 1. The molecule has 1 aromatic carbocycles. The highest BCUT2D eigenvalue weighted by atomic mass is 79.9. The van der Waals surface area contributed by atoms with Gasteiger partial charge in [-0.05, 0) is 64.2 Å². The van der Waals surface area contributed by atoms with Crippen molar-refractivity contribution in [1.82, 2.24) is 15.1 Å². The first kappa shape index (κ1) is 21.5. The molecule has 8 heteroatoms. The second-order valence-electron chi connectivity index (χ2n) is 7.03. The summed E-state index contributed by atoms with van der Waals surface area (Å²) in [5.74, 6) is 1.61. The van der Waals surface area contributed by atoms with Gasteiger partial charge in [0.1, 0.15) is 18.1 Å². The van der Waals surface area contributed by atoms with Gasteiger partial charge in [-0.3, -0.25) is 9.48 Å². The Morgan fingerprint density at radius 3 is 2.86 bits per heavy atom. The van der Waals surface area contributed by atoms with Crippen molar-refractivity contribution in [2.24, 2.45) is 0 Å². The highest BCUT2D eigenvalue weighted by molar-refractivity contribution is 9.10. The van der Waals surface area contributed by atoms with E-state index in [1.54, 1.807) is 23.0 Å². The van der Waals surface area contributed by atoms with Gasteiger partial charge in [0.05, 0.1) is 17.2 Å². The summed E-state index contributed by atoms with van der Waals surface area (Å²) in [4.78, 5) is 12.3. The molecule has 3 aromatic rings. The number of hydrogen-bond acceptors (Lipinski definition) is 4. The zero-order valence-electron chi connectivity index (χ0n) is 16.5. The van der Waals surface area contributed by atoms with E-state index in [1.807, 2.05) is 25.3 Å². The number of aryl methyl sites for hydroxylation is 1. The van der Waals surface area contributed by atoms with Gasteiger partial charge >= 0.3 is 0 Å². The topological polar surface area (TPSA) is 69.3 Å². The van der Waals surface area contributed by atoms with E-state index in [9.17, 15) is 4.79 Å². The summed E-state index contributed by atoms with van der Waals surface area (Å²) in [5, 5.41) is 7.68. The van der Waals surface area contributed by atoms with Gasteiger partial charge in [0.15, 0.2) is 5.76 Å². The molecule has 0 atom stereocenters. The Hall–Kier alpha value is -2.25. The summed E-state index contributed by atoms with van der Waals surface area (Å²) >= 11 is 9.58. The molecule has 0 spiro atoms. The minimum atomic E-state index is -0.271. The lowest BCUT2D eigenvalue weighted by molar-refractivity contribution is 0.0920. The summed E-state index contributed by atoms with van der Waals surface area (Å²) in [6, 6.07) is 7.27. The molecule has 0 aliphatic rings. The van der Waals surface area contributed by atoms with Crippen molar-refractivity contribution in [3.8, 4) is 5.75 Å². The van der Waals surface area contributed by atoms with Gasteiger partial charge < -0.3 is 14.5 Å². The highest BCUT2D eigenvalue weighted by Crippen LogP contribution is 2.32. The summed E-state index contributed by atoms with van der Waals surface area (Å²) < 4.78 is 14.2. The molecule has 0 radical (unpaired) electrons. The number of carbonyl (C=O) groups excluding carboxylic acids is 1. The minimum absolute atomic E-state index is 0.232. The maximum atomic E-state index is 12.3. The van der Waals surface area contributed by atoms with Crippen molar-refractivity contribution in [1.29, 1.82) is 0 Å². The molecular formula is C21H23BrClN3O3. The predicted molar refractivity (Wildman–Crippen MR) is 116 cm³/mol. The van der Waals surface area contributed by atoms with Gasteiger partial charge in [-0.25, -0.2) is 0 Å². The van der Waals surface area contributed by atoms with Gasteiger partial charge in [0, 0.05) is 17.8 Å². The second kappa shape index (κ2) is 9.50. The van der Waals surface area contributed by atoms with Crippen LogP contribution < -0.4 is 10.1 Å². The largest absolute Gasteiger partial charge is 0.485 e. The van der Waals surface area contributed by atoms with Crippen molar-refractivity contribution in [2.45, 2.75) is 39.8 Å². The number of halogens is 2. The fourth-order valence-corrected chi connectivity index (χ4v) is 3.30. The Bertz CT molecular complexity index is 997. The van der Waals surface area contributed by atoms with Crippen molar-refractivity contribution in [3.63, 3.8) is 0 Å². The summed E-state index contributed by atoms with van der Waals surface area (Å²) in [5.41, 5.74) is 1.99. The van der Waals surface area contributed by atoms with E-state index < -0.39 is 0 Å². The van der Waals surface area contributed by atoms with E-state index in [2.05, 4.69) is 40.2 Å². The molecule has 0 fully saturated rings. The van der Waals surface area contributed by atoms with Crippen LogP contribution in [-0.2, 0) is 13.2 Å². The molecule has 154 valence electrons. The normalized spacial score (nSPS) is 11.1. The van der Waals surface area contributed by atoms with Gasteiger partial charge in [-0.1, -0.05) is 25.4 Å². The first-order valence-electron chi connectivity index (χ1n) is 9.31. The van der Waals surface area contributed by atoms with Crippen molar-refractivity contribution >= 4 is 33.4 Å². The minimum Gasteiger partial charge on any atom is -0.485 e. The molecule has 3 rings (SSSR count). The Morgan fingerprint density at radius 2 is 2.17 bits per heavy atom. The Kier molecular flexibility index (Phi) is 7.03. The number of nitrogens with zero attached hydrogens (tertiary/aromatic N) is 2. The SMILES string of the molecule is Cc1cc(OCc2ccc(C(=O)NCCn3cc(Br)cn3)o2)c(C(C)C)cc1Cl. The number of hydrogen-bond donors (Lipinski definition) is 1. The average Bonchev–Trinajstić information content (AvgIpc) is 3.31. The standard InChI is InChI=1S/C21H23BrClN3O3/c1-13(2)17-9-18(23)14(3)8-20(17)28-12-16-4-5-19(29-16)21(27)24-6-7-26-11-15(22)10-25-26/h4-5,8-11,13H,6-7,12H2,1-3H3,(H,24,27). The molecule has 0 aliphatic carbocycles. The zero-order valence-corrected chi connectivity index (χ0v) is 18.9. The lowest BCUT2D eigenvalue weighted by Crippen LogP contribution is -2.27. The molecule has 1 amide bonds. The van der Waals surface area contributed by atoms with Gasteiger partial charge in [-0.2, -0.15) is 5.10 Å². The molecule has 0 saturated carbocycles. The third kappa shape index (κ3) is 5.64. The van der Waals surface area contributed by atoms with Crippen LogP contribution in [0.2, 0.25) is 5.02 Å². The maximum absolute atomic E-state index is 12.3. The van der Waals surface area contributed by atoms with Crippen LogP contribution in [0.1, 0.15) is 47.2 Å². The summed E-state index contributed by atoms with van der Waals surface area (Å²) in [7, 11) is 0. The van der Waals surface area contributed by atoms with Crippen LogP contribution >= 0.6 is 27.5 Å². The predicted octanol–water partition coefficient (Wildman–Crippen LogP) is 5.33. The molecule has 2 heterocycles. The van der Waals surface area contributed by atoms with Gasteiger partial charge in [-0.15, -0.1) is 0 Å². The van der Waals surface area contributed by atoms with Crippen LogP contribution in [0.25, 0.3) is 0 Å². The van der Waals surface area contributed by atoms with E-state index in [0.29, 0.717) is 18.8 Å². The highest BCUT2D eigenvalue weighted by Gasteiger charge is 2.14. The molecule has 0 bridgehead atoms. The van der Waals surface area contributed by atoms with Crippen LogP contribution in [0.15, 0.2) is 45.5 Å². The molecule has 2 aromatic heterocycles. The van der Waals surface area contributed by atoms with Crippen molar-refractivity contribution in [3.05, 3.63) is 68.8 Å². The van der Waals surface area contributed by atoms with E-state index in [4.69, 9.17) is 20.8 Å². The second-order valence-corrected chi connectivity index (χ2v) is 8.35. The van der Waals surface area contributed by atoms with Crippen molar-refractivity contribution < 1.29 is 13.9 Å². The molecule has 0 unspecified atom stereocenters. The lowest BCUT2D eigenvalue weighted by Gasteiger charge is -2.15. The van der Waals surface area contributed by atoms with E-state index in [0.717, 1.165) is 26.4 Å². The number of ether oxygens (including phenoxy) is 1. The number of carbonyl (C=O) groups is 1. The first-order chi connectivity index (χ1) is 13.8. The third-order valence-corrected chi connectivity index (χ3v) is 5.21. The fourth-order valence-electron chi connectivity index (χ4n) is 2.80. The Balaban J connectivity index is 1.56.